The predicted octanol–water partition coefficient (Wildman–Crippen LogP) is -8.42. The highest BCUT2D eigenvalue weighted by Crippen LogP contribution is 2.31. The Labute approximate surface area is 229 Å². The van der Waals surface area contributed by atoms with Crippen molar-refractivity contribution in [2.45, 2.75) is 111 Å². The molecule has 18 nitrogen and oxygen atoms in total. The van der Waals surface area contributed by atoms with E-state index in [-0.39, 0.29) is 25.9 Å². The van der Waals surface area contributed by atoms with Gasteiger partial charge in [-0.3, -0.25) is 4.79 Å². The third-order valence-corrected chi connectivity index (χ3v) is 7.48. The number of aliphatic hydroxyl groups excluding tert-OH is 8. The number of amides is 1. The highest BCUT2D eigenvalue weighted by atomic mass is 16.7. The van der Waals surface area contributed by atoms with Gasteiger partial charge in [-0.1, -0.05) is 0 Å². The van der Waals surface area contributed by atoms with Gasteiger partial charge in [-0.05, 0) is 19.4 Å². The third-order valence-electron chi connectivity index (χ3n) is 7.48. The first-order chi connectivity index (χ1) is 18.9. The number of nitrogens with two attached hydrogens (primary N) is 4. The molecule has 2 aliphatic heterocycles. The van der Waals surface area contributed by atoms with Crippen LogP contribution >= 0.6 is 0 Å². The first kappa shape index (κ1) is 33.3. The van der Waals surface area contributed by atoms with E-state index in [1.54, 1.807) is 0 Å². The van der Waals surface area contributed by atoms with Crippen LogP contribution < -0.4 is 28.3 Å². The van der Waals surface area contributed by atoms with Gasteiger partial charge in [0.1, 0.15) is 67.1 Å². The molecule has 1 aliphatic carbocycles. The maximum atomic E-state index is 12.3. The molecule has 0 spiro atoms. The molecule has 17 N–H and O–H groups in total. The molecule has 0 aromatic heterocycles. The maximum absolute atomic E-state index is 12.3. The molecule has 0 radical (unpaired) electrons. The fourth-order valence-corrected chi connectivity index (χ4v) is 5.09. The molecule has 2 saturated heterocycles. The molecule has 234 valence electrons. The molecule has 0 unspecified atom stereocenters. The second kappa shape index (κ2) is 14.3. The van der Waals surface area contributed by atoms with Gasteiger partial charge in [0.05, 0.1) is 12.6 Å². The lowest BCUT2D eigenvalue weighted by molar-refractivity contribution is -0.332. The van der Waals surface area contributed by atoms with E-state index in [1.807, 2.05) is 0 Å². The number of aliphatic hydroxyl groups is 8. The normalized spacial score (nSPS) is 47.0. The van der Waals surface area contributed by atoms with Crippen LogP contribution in [-0.4, -0.2) is 164 Å². The van der Waals surface area contributed by atoms with Crippen LogP contribution in [0.5, 0.6) is 0 Å². The van der Waals surface area contributed by atoms with Crippen LogP contribution in [0.25, 0.3) is 0 Å². The minimum Gasteiger partial charge on any atom is -0.394 e. The topological polar surface area (TPSA) is 332 Å². The molecular weight excluding hydrogens is 542 g/mol. The largest absolute Gasteiger partial charge is 0.394 e. The van der Waals surface area contributed by atoms with E-state index in [0.29, 0.717) is 0 Å². The lowest BCUT2D eigenvalue weighted by Crippen LogP contribution is -2.69. The van der Waals surface area contributed by atoms with Crippen molar-refractivity contribution >= 4 is 5.91 Å². The minimum absolute atomic E-state index is 0.00101. The molecule has 18 heteroatoms. The van der Waals surface area contributed by atoms with Crippen molar-refractivity contribution in [3.63, 3.8) is 0 Å². The molecule has 0 bridgehead atoms. The van der Waals surface area contributed by atoms with Gasteiger partial charge in [-0.25, -0.2) is 0 Å². The Morgan fingerprint density at radius 2 is 1.38 bits per heavy atom. The summed E-state index contributed by atoms with van der Waals surface area (Å²) in [5.74, 6) is -0.936. The van der Waals surface area contributed by atoms with Crippen molar-refractivity contribution in [2.75, 3.05) is 19.7 Å². The molecule has 3 fully saturated rings. The van der Waals surface area contributed by atoms with E-state index in [1.165, 1.54) is 0 Å². The van der Waals surface area contributed by atoms with Gasteiger partial charge in [-0.15, -0.1) is 0 Å². The summed E-state index contributed by atoms with van der Waals surface area (Å²) in [5.41, 5.74) is 23.2. The molecule has 40 heavy (non-hydrogen) atoms. The first-order valence-electron chi connectivity index (χ1n) is 13.1. The van der Waals surface area contributed by atoms with Crippen LogP contribution in [0.3, 0.4) is 0 Å². The summed E-state index contributed by atoms with van der Waals surface area (Å²) >= 11 is 0. The number of hydrogen-bond acceptors (Lipinski definition) is 17. The average molecular weight is 586 g/mol. The van der Waals surface area contributed by atoms with Crippen LogP contribution in [0.15, 0.2) is 0 Å². The van der Waals surface area contributed by atoms with Crippen LogP contribution in [-0.2, 0) is 23.7 Å². The first-order valence-corrected chi connectivity index (χ1v) is 13.1. The Balaban J connectivity index is 1.75. The highest BCUT2D eigenvalue weighted by molar-refractivity contribution is 5.80. The summed E-state index contributed by atoms with van der Waals surface area (Å²) in [6.07, 6.45) is -19.7. The summed E-state index contributed by atoms with van der Waals surface area (Å²) < 4.78 is 22.4. The van der Waals surface area contributed by atoms with Crippen LogP contribution in [0.2, 0.25) is 0 Å². The molecule has 0 aromatic rings. The van der Waals surface area contributed by atoms with E-state index in [4.69, 9.17) is 41.9 Å². The van der Waals surface area contributed by atoms with E-state index in [0.717, 1.165) is 0 Å². The fraction of sp³-hybridized carbons (Fsp3) is 0.955. The van der Waals surface area contributed by atoms with E-state index < -0.39 is 110 Å². The zero-order valence-electron chi connectivity index (χ0n) is 21.7. The molecule has 3 rings (SSSR count). The van der Waals surface area contributed by atoms with Crippen LogP contribution in [0.1, 0.15) is 12.8 Å². The monoisotopic (exact) mass is 585 g/mol. The Morgan fingerprint density at radius 1 is 0.825 bits per heavy atom. The Morgan fingerprint density at radius 3 is 1.90 bits per heavy atom. The summed E-state index contributed by atoms with van der Waals surface area (Å²) in [7, 11) is 0. The Kier molecular flexibility index (Phi) is 11.9. The molecule has 1 amide bonds. The molecule has 1 saturated carbocycles. The van der Waals surface area contributed by atoms with E-state index in [9.17, 15) is 45.6 Å². The summed E-state index contributed by atoms with van der Waals surface area (Å²) in [5, 5.41) is 85.0. The standard InChI is InChI=1S/C22H43N5O13/c23-2-1-8(29)20(36)27-11-12(30)10(5-28)38-21(14(11)32)39-18-6(25)3-7(26)19(17(18)35)40-22-16(34)15(33)13(31)9(4-24)37-22/h6-19,21-22,28-35H,1-5,23-26H2,(H,27,36)/t6-,7-,8-,9+,10+,11+,12-,13-,14+,15+,16+,17-,18-,19-,21-,22-/m1/s1. The fourth-order valence-electron chi connectivity index (χ4n) is 5.09. The second-order valence-corrected chi connectivity index (χ2v) is 10.3. The van der Waals surface area contributed by atoms with Gasteiger partial charge in [0.25, 0.3) is 0 Å². The average Bonchev–Trinajstić information content (AvgIpc) is 2.92. The second-order valence-electron chi connectivity index (χ2n) is 10.3. The summed E-state index contributed by atoms with van der Waals surface area (Å²) in [6.45, 7) is -0.957. The lowest BCUT2D eigenvalue weighted by Gasteiger charge is -2.48. The van der Waals surface area contributed by atoms with Crippen molar-refractivity contribution in [3.8, 4) is 0 Å². The molecular formula is C22H43N5O13. The van der Waals surface area contributed by atoms with Crippen molar-refractivity contribution in [3.05, 3.63) is 0 Å². The molecule has 0 aromatic carbocycles. The smallest absolute Gasteiger partial charge is 0.249 e. The number of carbonyl (C=O) groups is 1. The van der Waals surface area contributed by atoms with E-state index in [2.05, 4.69) is 5.32 Å². The molecule has 3 aliphatic rings. The quantitative estimate of drug-likeness (QED) is 0.113. The molecule has 16 atom stereocenters. The number of carbonyl (C=O) groups excluding carboxylic acids is 1. The Bertz CT molecular complexity index is 817. The van der Waals surface area contributed by atoms with Gasteiger partial charge in [0.15, 0.2) is 12.6 Å². The zero-order valence-corrected chi connectivity index (χ0v) is 21.7. The number of nitrogens with one attached hydrogen (secondary N) is 1. The van der Waals surface area contributed by atoms with Crippen LogP contribution in [0, 0.1) is 0 Å². The van der Waals surface area contributed by atoms with Gasteiger partial charge in [0, 0.05) is 18.6 Å². The highest BCUT2D eigenvalue weighted by Gasteiger charge is 2.52. The lowest BCUT2D eigenvalue weighted by atomic mass is 9.84. The van der Waals surface area contributed by atoms with Gasteiger partial charge >= 0.3 is 0 Å². The van der Waals surface area contributed by atoms with Gasteiger partial charge in [0.2, 0.25) is 5.91 Å². The van der Waals surface area contributed by atoms with Crippen molar-refractivity contribution in [1.29, 1.82) is 0 Å². The van der Waals surface area contributed by atoms with Crippen molar-refractivity contribution < 1.29 is 64.6 Å². The minimum atomic E-state index is -1.76. The Hall–Kier alpha value is -1.17. The van der Waals surface area contributed by atoms with Crippen molar-refractivity contribution in [2.24, 2.45) is 22.9 Å². The molecule has 2 heterocycles. The van der Waals surface area contributed by atoms with Gasteiger partial charge < -0.3 is 88.1 Å². The van der Waals surface area contributed by atoms with Crippen LogP contribution in [0.4, 0.5) is 0 Å². The summed E-state index contributed by atoms with van der Waals surface area (Å²) in [4.78, 5) is 12.3. The number of rotatable bonds is 10. The van der Waals surface area contributed by atoms with Crippen molar-refractivity contribution in [1.82, 2.24) is 5.32 Å². The number of ether oxygens (including phenoxy) is 4. The number of hydrogen-bond donors (Lipinski definition) is 13. The zero-order chi connectivity index (χ0) is 29.9. The SMILES string of the molecule is NCC[C@@H](O)C(=O)N[C@@H]1[C@H](O)[C@@H](O[C@H]2[C@@H](O)[C@H](O[C@H]3O[C@@H](CN)[C@@H](O)[C@H](O)[C@@H]3O)[C@H](N)C[C@H]2N)O[C@@H](CO)[C@H]1O. The summed E-state index contributed by atoms with van der Waals surface area (Å²) in [6, 6.07) is -3.32. The van der Waals surface area contributed by atoms with Gasteiger partial charge in [-0.2, -0.15) is 0 Å². The predicted molar refractivity (Wildman–Crippen MR) is 131 cm³/mol. The van der Waals surface area contributed by atoms with E-state index >= 15 is 0 Å². The maximum Gasteiger partial charge on any atom is 0.249 e. The third kappa shape index (κ3) is 7.06.